The summed E-state index contributed by atoms with van der Waals surface area (Å²) in [5.74, 6) is 0. The minimum absolute atomic E-state index is 0.135. The summed E-state index contributed by atoms with van der Waals surface area (Å²) in [5, 5.41) is 1.05. The predicted molar refractivity (Wildman–Crippen MR) is 46.6 cm³/mol. The van der Waals surface area contributed by atoms with Gasteiger partial charge in [0.05, 0.1) is 5.38 Å². The van der Waals surface area contributed by atoms with Crippen LogP contribution >= 0.6 is 23.2 Å². The highest BCUT2D eigenvalue weighted by molar-refractivity contribution is 6.31. The number of allylic oxidation sites excluding steroid dienone is 2. The quantitative estimate of drug-likeness (QED) is 0.499. The van der Waals surface area contributed by atoms with E-state index in [4.69, 9.17) is 23.2 Å². The van der Waals surface area contributed by atoms with E-state index in [-0.39, 0.29) is 10.8 Å². The molecule has 0 radical (unpaired) electrons. The van der Waals surface area contributed by atoms with Crippen LogP contribution in [0.1, 0.15) is 26.7 Å². The lowest BCUT2D eigenvalue weighted by molar-refractivity contribution is 0.330. The fourth-order valence-corrected chi connectivity index (χ4v) is 2.52. The molecular formula is C8H12Cl2. The number of halogens is 2. The fourth-order valence-electron chi connectivity index (χ4n) is 1.37. The Kier molecular flexibility index (Phi) is 2.31. The van der Waals surface area contributed by atoms with Crippen LogP contribution in [0.25, 0.3) is 0 Å². The Labute approximate surface area is 72.2 Å². The van der Waals surface area contributed by atoms with Crippen LogP contribution in [0.5, 0.6) is 0 Å². The van der Waals surface area contributed by atoms with Crippen LogP contribution in [0.4, 0.5) is 0 Å². The maximum Gasteiger partial charge on any atom is 0.0535 e. The van der Waals surface area contributed by atoms with E-state index in [1.165, 1.54) is 0 Å². The molecule has 0 aliphatic heterocycles. The van der Waals surface area contributed by atoms with Crippen molar-refractivity contribution in [2.75, 3.05) is 0 Å². The van der Waals surface area contributed by atoms with Crippen molar-refractivity contribution in [3.63, 3.8) is 0 Å². The van der Waals surface area contributed by atoms with E-state index in [2.05, 4.69) is 13.8 Å². The molecule has 0 spiro atoms. The highest BCUT2D eigenvalue weighted by Gasteiger charge is 2.26. The smallest absolute Gasteiger partial charge is 0.0535 e. The Hall–Kier alpha value is 0.320. The molecule has 1 atom stereocenters. The first-order chi connectivity index (χ1) is 4.49. The lowest BCUT2D eigenvalue weighted by Crippen LogP contribution is -2.20. The maximum atomic E-state index is 5.94. The van der Waals surface area contributed by atoms with E-state index >= 15 is 0 Å². The molecule has 0 N–H and O–H groups in total. The Morgan fingerprint density at radius 2 is 2.20 bits per heavy atom. The zero-order valence-electron chi connectivity index (χ0n) is 6.32. The van der Waals surface area contributed by atoms with Crippen molar-refractivity contribution < 1.29 is 0 Å². The van der Waals surface area contributed by atoms with Crippen molar-refractivity contribution in [1.29, 1.82) is 0 Å². The molecule has 0 saturated carbocycles. The molecule has 0 bridgehead atoms. The molecule has 1 unspecified atom stereocenters. The average Bonchev–Trinajstić information content (AvgIpc) is 1.54. The lowest BCUT2D eigenvalue weighted by atomic mass is 9.81. The first kappa shape index (κ1) is 8.42. The zero-order chi connectivity index (χ0) is 7.78. The molecule has 0 heterocycles. The Morgan fingerprint density at radius 1 is 1.60 bits per heavy atom. The van der Waals surface area contributed by atoms with E-state index in [9.17, 15) is 0 Å². The highest BCUT2D eigenvalue weighted by Crippen LogP contribution is 2.38. The largest absolute Gasteiger partial charge is 0.118 e. The summed E-state index contributed by atoms with van der Waals surface area (Å²) in [6.45, 7) is 4.38. The van der Waals surface area contributed by atoms with Crippen molar-refractivity contribution in [2.24, 2.45) is 5.41 Å². The van der Waals surface area contributed by atoms with Crippen LogP contribution in [-0.4, -0.2) is 5.38 Å². The second-order valence-electron chi connectivity index (χ2n) is 3.67. The van der Waals surface area contributed by atoms with Crippen molar-refractivity contribution >= 4 is 23.2 Å². The van der Waals surface area contributed by atoms with E-state index in [0.717, 1.165) is 17.9 Å². The van der Waals surface area contributed by atoms with Gasteiger partial charge in [-0.3, -0.25) is 0 Å². The minimum Gasteiger partial charge on any atom is -0.118 e. The summed E-state index contributed by atoms with van der Waals surface area (Å²) >= 11 is 11.8. The number of hydrogen-bond acceptors (Lipinski definition) is 0. The van der Waals surface area contributed by atoms with Gasteiger partial charge in [-0.2, -0.15) is 0 Å². The van der Waals surface area contributed by atoms with Crippen LogP contribution in [0.15, 0.2) is 11.1 Å². The highest BCUT2D eigenvalue weighted by atomic mass is 35.5. The van der Waals surface area contributed by atoms with Crippen LogP contribution in [-0.2, 0) is 0 Å². The maximum absolute atomic E-state index is 5.94. The van der Waals surface area contributed by atoms with Gasteiger partial charge in [-0.15, -0.1) is 11.6 Å². The number of hydrogen-bond donors (Lipinski definition) is 0. The van der Waals surface area contributed by atoms with Crippen LogP contribution < -0.4 is 0 Å². The first-order valence-corrected chi connectivity index (χ1v) is 4.31. The third-order valence-electron chi connectivity index (χ3n) is 1.76. The van der Waals surface area contributed by atoms with Crippen LogP contribution in [0, 0.1) is 5.41 Å². The monoisotopic (exact) mass is 178 g/mol. The normalized spacial score (nSPS) is 31.6. The molecule has 2 heteroatoms. The molecule has 10 heavy (non-hydrogen) atoms. The minimum atomic E-state index is 0.135. The number of rotatable bonds is 0. The summed E-state index contributed by atoms with van der Waals surface area (Å²) in [7, 11) is 0. The Bertz CT molecular complexity index is 159. The van der Waals surface area contributed by atoms with Crippen molar-refractivity contribution in [3.05, 3.63) is 11.1 Å². The van der Waals surface area contributed by atoms with E-state index in [1.54, 1.807) is 0 Å². The molecule has 58 valence electrons. The van der Waals surface area contributed by atoms with Gasteiger partial charge < -0.3 is 0 Å². The van der Waals surface area contributed by atoms with Gasteiger partial charge in [0.2, 0.25) is 0 Å². The molecule has 1 aliphatic rings. The predicted octanol–water partition coefficient (Wildman–Crippen LogP) is 3.54. The molecule has 0 nitrogen and oxygen atoms in total. The van der Waals surface area contributed by atoms with Crippen LogP contribution in [0.3, 0.4) is 0 Å². The first-order valence-electron chi connectivity index (χ1n) is 3.50. The van der Waals surface area contributed by atoms with Gasteiger partial charge in [0.1, 0.15) is 0 Å². The second-order valence-corrected chi connectivity index (χ2v) is 4.72. The third kappa shape index (κ3) is 2.17. The number of alkyl halides is 1. The second kappa shape index (κ2) is 2.75. The molecule has 1 aliphatic carbocycles. The van der Waals surface area contributed by atoms with E-state index in [0.29, 0.717) is 0 Å². The van der Waals surface area contributed by atoms with Gasteiger partial charge >= 0.3 is 0 Å². The van der Waals surface area contributed by atoms with Crippen molar-refractivity contribution in [2.45, 2.75) is 32.1 Å². The molecule has 1 rings (SSSR count). The third-order valence-corrected chi connectivity index (χ3v) is 2.30. The standard InChI is InChI=1S/C8H12Cl2/c1-8(2)4-6(9)3-7(10)5-8/h3,6H,4-5H2,1-2H3. The molecule has 0 amide bonds. The van der Waals surface area contributed by atoms with Gasteiger partial charge in [-0.25, -0.2) is 0 Å². The summed E-state index contributed by atoms with van der Waals surface area (Å²) in [6.07, 6.45) is 3.94. The molecule has 0 aromatic rings. The average molecular weight is 179 g/mol. The molecule has 0 fully saturated rings. The summed E-state index contributed by atoms with van der Waals surface area (Å²) < 4.78 is 0. The van der Waals surface area contributed by atoms with Gasteiger partial charge in [0.15, 0.2) is 0 Å². The molecular weight excluding hydrogens is 167 g/mol. The van der Waals surface area contributed by atoms with Gasteiger partial charge in [0.25, 0.3) is 0 Å². The lowest BCUT2D eigenvalue weighted by Gasteiger charge is -2.29. The molecule has 0 saturated heterocycles. The van der Waals surface area contributed by atoms with Gasteiger partial charge in [-0.05, 0) is 18.3 Å². The van der Waals surface area contributed by atoms with E-state index < -0.39 is 0 Å². The van der Waals surface area contributed by atoms with Crippen LogP contribution in [0.2, 0.25) is 0 Å². The Morgan fingerprint density at radius 3 is 2.60 bits per heavy atom. The Balaban J connectivity index is 2.70. The molecule has 0 aromatic carbocycles. The fraction of sp³-hybridized carbons (Fsp3) is 0.750. The van der Waals surface area contributed by atoms with E-state index in [1.807, 2.05) is 6.08 Å². The zero-order valence-corrected chi connectivity index (χ0v) is 7.84. The summed E-state index contributed by atoms with van der Waals surface area (Å²) in [6, 6.07) is 0. The topological polar surface area (TPSA) is 0 Å². The summed E-state index contributed by atoms with van der Waals surface area (Å²) in [4.78, 5) is 0. The van der Waals surface area contributed by atoms with Gasteiger partial charge in [0, 0.05) is 5.03 Å². The van der Waals surface area contributed by atoms with Crippen molar-refractivity contribution in [3.8, 4) is 0 Å². The van der Waals surface area contributed by atoms with Crippen molar-refractivity contribution in [1.82, 2.24) is 0 Å². The molecule has 0 aromatic heterocycles. The summed E-state index contributed by atoms with van der Waals surface area (Å²) in [5.41, 5.74) is 0.290. The SMILES string of the molecule is CC1(C)CC(Cl)=CC(Cl)C1. The van der Waals surface area contributed by atoms with Gasteiger partial charge in [-0.1, -0.05) is 31.5 Å².